The lowest BCUT2D eigenvalue weighted by molar-refractivity contribution is 0.168. The van der Waals surface area contributed by atoms with Crippen molar-refractivity contribution in [2.75, 3.05) is 6.61 Å². The molecule has 2 N–H and O–H groups in total. The van der Waals surface area contributed by atoms with Gasteiger partial charge >= 0.3 is 6.03 Å². The van der Waals surface area contributed by atoms with Gasteiger partial charge in [0, 0.05) is 5.56 Å². The largest absolute Gasteiger partial charge is 0.492 e. The molecule has 5 heteroatoms. The summed E-state index contributed by atoms with van der Waals surface area (Å²) in [5, 5.41) is 5.88. The zero-order valence-corrected chi connectivity index (χ0v) is 11.8. The molecule has 2 aliphatic heterocycles. The summed E-state index contributed by atoms with van der Waals surface area (Å²) >= 11 is 0. The molecule has 4 rings (SSSR count). The molecule has 2 heterocycles. The first kappa shape index (κ1) is 12.9. The molecule has 2 aromatic carbocycles. The summed E-state index contributed by atoms with van der Waals surface area (Å²) in [6.45, 7) is 0.485. The van der Waals surface area contributed by atoms with Crippen molar-refractivity contribution in [2.24, 2.45) is 16.8 Å². The number of urea groups is 1. The van der Waals surface area contributed by atoms with Crippen molar-refractivity contribution in [3.05, 3.63) is 65.7 Å². The van der Waals surface area contributed by atoms with Crippen molar-refractivity contribution in [3.8, 4) is 5.75 Å². The Bertz CT molecular complexity index is 758. The van der Waals surface area contributed by atoms with Crippen LogP contribution in [0.4, 0.5) is 4.79 Å². The SMILES string of the molecule is NC(=O)N1N=C2c3ccccc3OC[C@H]2[C@@H]1c1ccccc1. The molecule has 2 amide bonds. The Kier molecular flexibility index (Phi) is 2.85. The van der Waals surface area contributed by atoms with E-state index in [0.717, 1.165) is 22.6 Å². The number of hydrogen-bond acceptors (Lipinski definition) is 3. The van der Waals surface area contributed by atoms with Gasteiger partial charge in [-0.3, -0.25) is 0 Å². The van der Waals surface area contributed by atoms with Crippen molar-refractivity contribution in [1.29, 1.82) is 0 Å². The fraction of sp³-hybridized carbons (Fsp3) is 0.176. The van der Waals surface area contributed by atoms with Crippen LogP contribution in [0.5, 0.6) is 5.75 Å². The van der Waals surface area contributed by atoms with Gasteiger partial charge in [0.2, 0.25) is 0 Å². The Labute approximate surface area is 128 Å². The Morgan fingerprint density at radius 1 is 1.14 bits per heavy atom. The van der Waals surface area contributed by atoms with E-state index in [9.17, 15) is 4.79 Å². The molecular weight excluding hydrogens is 278 g/mol. The fourth-order valence-electron chi connectivity index (χ4n) is 3.19. The lowest BCUT2D eigenvalue weighted by atomic mass is 9.86. The van der Waals surface area contributed by atoms with Crippen molar-refractivity contribution >= 4 is 11.7 Å². The molecule has 0 spiro atoms. The summed E-state index contributed by atoms with van der Waals surface area (Å²) in [7, 11) is 0. The minimum absolute atomic E-state index is 0.00944. The second-order valence-corrected chi connectivity index (χ2v) is 5.44. The van der Waals surface area contributed by atoms with Gasteiger partial charge in [0.15, 0.2) is 0 Å². The average Bonchev–Trinajstić information content (AvgIpc) is 2.96. The van der Waals surface area contributed by atoms with Crippen molar-refractivity contribution in [3.63, 3.8) is 0 Å². The number of fused-ring (bicyclic) bond motifs is 3. The van der Waals surface area contributed by atoms with E-state index in [2.05, 4.69) is 5.10 Å². The van der Waals surface area contributed by atoms with Gasteiger partial charge < -0.3 is 10.5 Å². The van der Waals surface area contributed by atoms with Gasteiger partial charge in [-0.2, -0.15) is 5.10 Å². The molecule has 0 radical (unpaired) electrons. The highest BCUT2D eigenvalue weighted by molar-refractivity contribution is 6.07. The van der Waals surface area contributed by atoms with Gasteiger partial charge in [0.05, 0.1) is 24.3 Å². The summed E-state index contributed by atoms with van der Waals surface area (Å²) in [4.78, 5) is 11.8. The normalized spacial score (nSPS) is 22.4. The summed E-state index contributed by atoms with van der Waals surface area (Å²) in [5.41, 5.74) is 8.35. The number of nitrogens with zero attached hydrogens (tertiary/aromatic N) is 2. The lowest BCUT2D eigenvalue weighted by Crippen LogP contribution is -2.37. The molecular formula is C17H15N3O2. The van der Waals surface area contributed by atoms with E-state index in [1.807, 2.05) is 54.6 Å². The van der Waals surface area contributed by atoms with Gasteiger partial charge in [-0.05, 0) is 17.7 Å². The molecule has 0 saturated heterocycles. The topological polar surface area (TPSA) is 67.9 Å². The number of primary amides is 1. The average molecular weight is 293 g/mol. The van der Waals surface area contributed by atoms with E-state index in [1.165, 1.54) is 5.01 Å². The number of amides is 2. The Hall–Kier alpha value is -2.82. The maximum Gasteiger partial charge on any atom is 0.335 e. The molecule has 0 aromatic heterocycles. The standard InChI is InChI=1S/C17H15N3O2/c18-17(21)20-16(11-6-2-1-3-7-11)13-10-22-14-9-5-4-8-12(14)15(13)19-20/h1-9,13,16H,10H2,(H2,18,21)/t13-,16+/m1/s1. The first-order chi connectivity index (χ1) is 10.8. The van der Waals surface area contributed by atoms with Crippen molar-refractivity contribution in [1.82, 2.24) is 5.01 Å². The van der Waals surface area contributed by atoms with Crippen LogP contribution in [-0.4, -0.2) is 23.4 Å². The van der Waals surface area contributed by atoms with E-state index in [1.54, 1.807) is 0 Å². The lowest BCUT2D eigenvalue weighted by Gasteiger charge is -2.29. The van der Waals surface area contributed by atoms with E-state index in [0.29, 0.717) is 6.61 Å². The van der Waals surface area contributed by atoms with Crippen LogP contribution in [0.1, 0.15) is 17.2 Å². The molecule has 2 aliphatic rings. The fourth-order valence-corrected chi connectivity index (χ4v) is 3.19. The number of carbonyl (C=O) groups excluding carboxylic acids is 1. The predicted octanol–water partition coefficient (Wildman–Crippen LogP) is 2.53. The number of nitrogens with two attached hydrogens (primary N) is 1. The van der Waals surface area contributed by atoms with Crippen LogP contribution in [0.2, 0.25) is 0 Å². The second kappa shape index (κ2) is 4.87. The van der Waals surface area contributed by atoms with E-state index in [-0.39, 0.29) is 12.0 Å². The summed E-state index contributed by atoms with van der Waals surface area (Å²) in [6.07, 6.45) is 0. The summed E-state index contributed by atoms with van der Waals surface area (Å²) in [6, 6.07) is 16.8. The van der Waals surface area contributed by atoms with Gasteiger partial charge in [0.1, 0.15) is 5.75 Å². The predicted molar refractivity (Wildman–Crippen MR) is 82.6 cm³/mol. The Balaban J connectivity index is 1.82. The highest BCUT2D eigenvalue weighted by atomic mass is 16.5. The first-order valence-electron chi connectivity index (χ1n) is 7.20. The molecule has 0 aliphatic carbocycles. The smallest absolute Gasteiger partial charge is 0.335 e. The molecule has 110 valence electrons. The zero-order chi connectivity index (χ0) is 15.1. The summed E-state index contributed by atoms with van der Waals surface area (Å²) < 4.78 is 5.86. The van der Waals surface area contributed by atoms with E-state index in [4.69, 9.17) is 10.5 Å². The van der Waals surface area contributed by atoms with Gasteiger partial charge in [-0.1, -0.05) is 42.5 Å². The highest BCUT2D eigenvalue weighted by Crippen LogP contribution is 2.42. The monoisotopic (exact) mass is 293 g/mol. The van der Waals surface area contributed by atoms with E-state index < -0.39 is 6.03 Å². The van der Waals surface area contributed by atoms with Gasteiger partial charge in [0.25, 0.3) is 0 Å². The van der Waals surface area contributed by atoms with Crippen LogP contribution in [0, 0.1) is 5.92 Å². The van der Waals surface area contributed by atoms with Gasteiger partial charge in [-0.15, -0.1) is 0 Å². The molecule has 0 fully saturated rings. The quantitative estimate of drug-likeness (QED) is 0.878. The molecule has 2 aromatic rings. The van der Waals surface area contributed by atoms with Crippen LogP contribution in [0.3, 0.4) is 0 Å². The second-order valence-electron chi connectivity index (χ2n) is 5.44. The number of para-hydroxylation sites is 1. The van der Waals surface area contributed by atoms with Crippen LogP contribution in [0.15, 0.2) is 59.7 Å². The maximum absolute atomic E-state index is 11.8. The first-order valence-corrected chi connectivity index (χ1v) is 7.20. The molecule has 0 bridgehead atoms. The maximum atomic E-state index is 11.8. The van der Waals surface area contributed by atoms with E-state index >= 15 is 0 Å². The van der Waals surface area contributed by atoms with Crippen LogP contribution in [-0.2, 0) is 0 Å². The number of hydrazone groups is 1. The third-order valence-corrected chi connectivity index (χ3v) is 4.16. The summed E-state index contributed by atoms with van der Waals surface area (Å²) in [5.74, 6) is 0.792. The number of benzene rings is 2. The van der Waals surface area contributed by atoms with Crippen LogP contribution < -0.4 is 10.5 Å². The minimum atomic E-state index is -0.548. The molecule has 2 atom stereocenters. The molecule has 22 heavy (non-hydrogen) atoms. The molecule has 0 unspecified atom stereocenters. The number of carbonyl (C=O) groups is 1. The highest BCUT2D eigenvalue weighted by Gasteiger charge is 2.44. The zero-order valence-electron chi connectivity index (χ0n) is 11.8. The third kappa shape index (κ3) is 1.86. The molecule has 5 nitrogen and oxygen atoms in total. The third-order valence-electron chi connectivity index (χ3n) is 4.16. The minimum Gasteiger partial charge on any atom is -0.492 e. The Morgan fingerprint density at radius 3 is 2.64 bits per heavy atom. The van der Waals surface area contributed by atoms with Crippen LogP contribution in [0.25, 0.3) is 0 Å². The number of rotatable bonds is 1. The Morgan fingerprint density at radius 2 is 1.86 bits per heavy atom. The van der Waals surface area contributed by atoms with Crippen molar-refractivity contribution < 1.29 is 9.53 Å². The number of hydrogen-bond donors (Lipinski definition) is 1. The van der Waals surface area contributed by atoms with Crippen molar-refractivity contribution in [2.45, 2.75) is 6.04 Å². The number of ether oxygens (including phenoxy) is 1. The van der Waals surface area contributed by atoms with Crippen LogP contribution >= 0.6 is 0 Å². The van der Waals surface area contributed by atoms with Gasteiger partial charge in [-0.25, -0.2) is 9.80 Å². The molecule has 0 saturated carbocycles.